The fourth-order valence-electron chi connectivity index (χ4n) is 3.30. The molecular weight excluding hydrogens is 407 g/mol. The van der Waals surface area contributed by atoms with Gasteiger partial charge in [0.15, 0.2) is 0 Å². The van der Waals surface area contributed by atoms with E-state index in [9.17, 15) is 9.65 Å². The van der Waals surface area contributed by atoms with Gasteiger partial charge < -0.3 is 15.4 Å². The summed E-state index contributed by atoms with van der Waals surface area (Å²) in [5, 5.41) is 16.8. The molecule has 7 nitrogen and oxygen atoms in total. The van der Waals surface area contributed by atoms with Gasteiger partial charge in [0.05, 0.1) is 41.9 Å². The fraction of sp³-hybridized carbons (Fsp3) is 0.286. The number of fused-ring (bicyclic) bond motifs is 1. The number of morpholine rings is 1. The lowest BCUT2D eigenvalue weighted by molar-refractivity contribution is 0.0398. The molecule has 1 aliphatic heterocycles. The Morgan fingerprint density at radius 3 is 2.80 bits per heavy atom. The molecule has 0 atom stereocenters. The summed E-state index contributed by atoms with van der Waals surface area (Å²) in [4.78, 5) is 11.0. The minimum Gasteiger partial charge on any atom is -0.379 e. The van der Waals surface area contributed by atoms with Gasteiger partial charge in [0, 0.05) is 42.8 Å². The molecule has 3 aromatic rings. The third kappa shape index (κ3) is 4.60. The maximum atomic E-state index is 14.3. The van der Waals surface area contributed by atoms with Crippen molar-refractivity contribution in [1.82, 2.24) is 14.9 Å². The van der Waals surface area contributed by atoms with Crippen LogP contribution >= 0.6 is 11.6 Å². The predicted molar refractivity (Wildman–Crippen MR) is 115 cm³/mol. The first-order valence-corrected chi connectivity index (χ1v) is 9.97. The molecule has 30 heavy (non-hydrogen) atoms. The average Bonchev–Trinajstić information content (AvgIpc) is 2.76. The molecule has 0 unspecified atom stereocenters. The minimum atomic E-state index is -0.505. The number of hydrogen-bond acceptors (Lipinski definition) is 7. The number of ether oxygens (including phenoxy) is 1. The molecule has 1 saturated heterocycles. The Morgan fingerprint density at radius 1 is 1.20 bits per heavy atom. The van der Waals surface area contributed by atoms with Crippen LogP contribution in [0.15, 0.2) is 36.7 Å². The number of pyridine rings is 2. The largest absolute Gasteiger partial charge is 0.379 e. The van der Waals surface area contributed by atoms with Crippen molar-refractivity contribution >= 4 is 39.7 Å². The van der Waals surface area contributed by atoms with Crippen molar-refractivity contribution in [2.45, 2.75) is 0 Å². The van der Waals surface area contributed by atoms with E-state index in [2.05, 4.69) is 31.6 Å². The molecule has 1 fully saturated rings. The molecule has 0 amide bonds. The van der Waals surface area contributed by atoms with Crippen LogP contribution in [0.5, 0.6) is 0 Å². The smallest absolute Gasteiger partial charge is 0.148 e. The summed E-state index contributed by atoms with van der Waals surface area (Å²) in [5.41, 5.74) is 1.61. The van der Waals surface area contributed by atoms with Gasteiger partial charge in [-0.3, -0.25) is 9.88 Å². The highest BCUT2D eigenvalue weighted by Gasteiger charge is 2.14. The summed E-state index contributed by atoms with van der Waals surface area (Å²) >= 11 is 5.84. The van der Waals surface area contributed by atoms with E-state index < -0.39 is 5.82 Å². The Bertz CT molecular complexity index is 1100. The Hall–Kier alpha value is -2.99. The zero-order valence-corrected chi connectivity index (χ0v) is 16.9. The summed E-state index contributed by atoms with van der Waals surface area (Å²) in [6.07, 6.45) is 3.09. The molecule has 1 aromatic carbocycles. The second-order valence-corrected chi connectivity index (χ2v) is 7.31. The highest BCUT2D eigenvalue weighted by atomic mass is 35.5. The van der Waals surface area contributed by atoms with Crippen molar-refractivity contribution in [3.05, 3.63) is 53.1 Å². The highest BCUT2D eigenvalue weighted by Crippen LogP contribution is 2.31. The average molecular weight is 427 g/mol. The second-order valence-electron chi connectivity index (χ2n) is 6.88. The number of halogens is 2. The van der Waals surface area contributed by atoms with E-state index in [1.54, 1.807) is 12.3 Å². The van der Waals surface area contributed by atoms with E-state index in [-0.39, 0.29) is 5.69 Å². The summed E-state index contributed by atoms with van der Waals surface area (Å²) in [5.74, 6) is 0.154. The molecule has 0 spiro atoms. The lowest BCUT2D eigenvalue weighted by Crippen LogP contribution is -2.39. The van der Waals surface area contributed by atoms with E-state index >= 15 is 0 Å². The minimum absolute atomic E-state index is 0.224. The third-order valence-corrected chi connectivity index (χ3v) is 5.14. The first-order chi connectivity index (χ1) is 14.6. The molecule has 4 rings (SSSR count). The highest BCUT2D eigenvalue weighted by molar-refractivity contribution is 6.30. The van der Waals surface area contributed by atoms with Gasteiger partial charge in [0.25, 0.3) is 0 Å². The van der Waals surface area contributed by atoms with Crippen LogP contribution in [0, 0.1) is 17.1 Å². The van der Waals surface area contributed by atoms with Gasteiger partial charge in [-0.05, 0) is 24.3 Å². The summed E-state index contributed by atoms with van der Waals surface area (Å²) in [6, 6.07) is 8.27. The van der Waals surface area contributed by atoms with Crippen LogP contribution in [0.2, 0.25) is 5.02 Å². The molecule has 1 aliphatic rings. The summed E-state index contributed by atoms with van der Waals surface area (Å²) < 4.78 is 19.7. The van der Waals surface area contributed by atoms with Crippen LogP contribution in [0.3, 0.4) is 0 Å². The van der Waals surface area contributed by atoms with Crippen LogP contribution in [0.4, 0.5) is 21.6 Å². The zero-order chi connectivity index (χ0) is 20.9. The van der Waals surface area contributed by atoms with Crippen LogP contribution in [0.1, 0.15) is 5.56 Å². The van der Waals surface area contributed by atoms with Crippen LogP contribution in [-0.4, -0.2) is 54.3 Å². The van der Waals surface area contributed by atoms with Gasteiger partial charge in [-0.25, -0.2) is 9.37 Å². The van der Waals surface area contributed by atoms with Crippen molar-refractivity contribution < 1.29 is 9.13 Å². The number of nitrogens with zero attached hydrogens (tertiary/aromatic N) is 4. The molecule has 0 saturated carbocycles. The Morgan fingerprint density at radius 2 is 2.03 bits per heavy atom. The van der Waals surface area contributed by atoms with Gasteiger partial charge in [-0.15, -0.1) is 0 Å². The molecular formula is C21H20ClFN6O. The van der Waals surface area contributed by atoms with E-state index in [0.717, 1.165) is 39.4 Å². The van der Waals surface area contributed by atoms with E-state index in [1.807, 2.05) is 6.07 Å². The number of anilines is 3. The molecule has 2 aromatic heterocycles. The van der Waals surface area contributed by atoms with Crippen LogP contribution in [-0.2, 0) is 4.74 Å². The lowest BCUT2D eigenvalue weighted by atomic mass is 10.1. The molecule has 0 aliphatic carbocycles. The maximum absolute atomic E-state index is 14.3. The third-order valence-electron chi connectivity index (χ3n) is 4.90. The van der Waals surface area contributed by atoms with Crippen LogP contribution in [0.25, 0.3) is 10.9 Å². The molecule has 154 valence electrons. The number of nitrogens with one attached hydrogen (secondary N) is 2. The van der Waals surface area contributed by atoms with Gasteiger partial charge in [0.1, 0.15) is 17.7 Å². The first kappa shape index (κ1) is 20.3. The predicted octanol–water partition coefficient (Wildman–Crippen LogP) is 3.78. The normalized spacial score (nSPS) is 14.4. The molecule has 0 radical (unpaired) electrons. The van der Waals surface area contributed by atoms with E-state index in [0.29, 0.717) is 33.0 Å². The summed E-state index contributed by atoms with van der Waals surface area (Å²) in [7, 11) is 0. The number of benzene rings is 1. The number of aromatic nitrogens is 2. The van der Waals surface area contributed by atoms with Crippen molar-refractivity contribution in [2.24, 2.45) is 0 Å². The fourth-order valence-corrected chi connectivity index (χ4v) is 3.46. The van der Waals surface area contributed by atoms with Gasteiger partial charge >= 0.3 is 0 Å². The zero-order valence-electron chi connectivity index (χ0n) is 16.2. The molecule has 9 heteroatoms. The SMILES string of the molecule is N#Cc1cnc2cnc(NCCN3CCOCC3)cc2c1Nc1ccc(Cl)cc1F. The van der Waals surface area contributed by atoms with Gasteiger partial charge in [-0.2, -0.15) is 5.26 Å². The molecule has 0 bridgehead atoms. The number of rotatable bonds is 6. The van der Waals surface area contributed by atoms with Gasteiger partial charge in [-0.1, -0.05) is 11.6 Å². The Labute approximate surface area is 178 Å². The van der Waals surface area contributed by atoms with Crippen molar-refractivity contribution in [3.63, 3.8) is 0 Å². The van der Waals surface area contributed by atoms with Crippen molar-refractivity contribution in [1.29, 1.82) is 5.26 Å². The van der Waals surface area contributed by atoms with Crippen molar-refractivity contribution in [2.75, 3.05) is 50.0 Å². The second kappa shape index (κ2) is 9.22. The summed E-state index contributed by atoms with van der Waals surface area (Å²) in [6.45, 7) is 4.95. The van der Waals surface area contributed by atoms with E-state index in [4.69, 9.17) is 16.3 Å². The maximum Gasteiger partial charge on any atom is 0.148 e. The van der Waals surface area contributed by atoms with Gasteiger partial charge in [0.2, 0.25) is 0 Å². The number of hydrogen-bond donors (Lipinski definition) is 2. The van der Waals surface area contributed by atoms with Crippen molar-refractivity contribution in [3.8, 4) is 6.07 Å². The van der Waals surface area contributed by atoms with Crippen LogP contribution < -0.4 is 10.6 Å². The lowest BCUT2D eigenvalue weighted by Gasteiger charge is -2.26. The Balaban J connectivity index is 1.59. The molecule has 3 heterocycles. The standard InChI is InChI=1S/C21H20ClFN6O/c22-15-1-2-18(17(23)9-15)28-21-14(11-24)12-26-19-13-27-20(10-16(19)21)25-3-4-29-5-7-30-8-6-29/h1-2,9-10,12-13H,3-8H2,(H,25,27)(H,26,28). The Kier molecular flexibility index (Phi) is 6.23. The number of nitriles is 1. The van der Waals surface area contributed by atoms with E-state index in [1.165, 1.54) is 18.3 Å². The topological polar surface area (TPSA) is 86.1 Å². The monoisotopic (exact) mass is 426 g/mol. The quantitative estimate of drug-likeness (QED) is 0.620. The molecule has 2 N–H and O–H groups in total. The first-order valence-electron chi connectivity index (χ1n) is 9.59.